The molecule has 1 aliphatic heterocycles. The Morgan fingerprint density at radius 1 is 1.31 bits per heavy atom. The number of urea groups is 1. The highest BCUT2D eigenvalue weighted by Crippen LogP contribution is 2.16. The van der Waals surface area contributed by atoms with E-state index < -0.39 is 17.5 Å². The lowest BCUT2D eigenvalue weighted by Gasteiger charge is -2.16. The molecule has 1 fully saturated rings. The number of nitrogens with zero attached hydrogens (tertiary/aromatic N) is 1. The summed E-state index contributed by atoms with van der Waals surface area (Å²) in [4.78, 5) is 36.6. The maximum Gasteiger partial charge on any atom is 0.325 e. The van der Waals surface area contributed by atoms with Gasteiger partial charge in [-0.2, -0.15) is 0 Å². The molecule has 0 spiro atoms. The number of imide groups is 1. The smallest absolute Gasteiger partial charge is 0.325 e. The average molecular weight is 381 g/mol. The molecule has 10 heteroatoms. The first kappa shape index (κ1) is 19.6. The first-order chi connectivity index (χ1) is 12.1. The third-order valence-corrected chi connectivity index (χ3v) is 3.96. The van der Waals surface area contributed by atoms with Gasteiger partial charge in [-0.3, -0.25) is 25.3 Å². The molecule has 0 atom stereocenters. The van der Waals surface area contributed by atoms with Crippen molar-refractivity contribution in [2.24, 2.45) is 0 Å². The second-order valence-corrected chi connectivity index (χ2v) is 6.76. The Balaban J connectivity index is 1.76. The Morgan fingerprint density at radius 3 is 2.58 bits per heavy atom. The SMILES string of the molecule is Cc1ccc(NC(=S)NNC(=O)CCN2C(=O)NC(C)(C)C2=O)cc1F. The van der Waals surface area contributed by atoms with Crippen molar-refractivity contribution < 1.29 is 18.8 Å². The molecule has 0 bridgehead atoms. The number of thiocarbonyl (C=S) groups is 1. The second kappa shape index (κ2) is 7.65. The third kappa shape index (κ3) is 4.66. The van der Waals surface area contributed by atoms with Gasteiger partial charge in [0.15, 0.2) is 5.11 Å². The molecule has 1 saturated heterocycles. The van der Waals surface area contributed by atoms with E-state index in [0.717, 1.165) is 4.90 Å². The number of amides is 4. The van der Waals surface area contributed by atoms with Crippen LogP contribution in [0.1, 0.15) is 25.8 Å². The average Bonchev–Trinajstić information content (AvgIpc) is 2.75. The van der Waals surface area contributed by atoms with Crippen LogP contribution in [0.4, 0.5) is 14.9 Å². The van der Waals surface area contributed by atoms with E-state index in [1.54, 1.807) is 32.9 Å². The van der Waals surface area contributed by atoms with Crippen LogP contribution in [0.5, 0.6) is 0 Å². The summed E-state index contributed by atoms with van der Waals surface area (Å²) in [5.41, 5.74) is 4.79. The summed E-state index contributed by atoms with van der Waals surface area (Å²) in [7, 11) is 0. The third-order valence-electron chi connectivity index (χ3n) is 3.75. The number of carbonyl (C=O) groups excluding carboxylic acids is 3. The van der Waals surface area contributed by atoms with E-state index in [0.29, 0.717) is 11.3 Å². The van der Waals surface area contributed by atoms with Crippen molar-refractivity contribution in [2.45, 2.75) is 32.7 Å². The number of halogens is 1. The fraction of sp³-hybridized carbons (Fsp3) is 0.375. The number of aryl methyl sites for hydroxylation is 1. The minimum atomic E-state index is -0.972. The summed E-state index contributed by atoms with van der Waals surface area (Å²) in [6.07, 6.45) is -0.0932. The Labute approximate surface area is 155 Å². The van der Waals surface area contributed by atoms with Gasteiger partial charge in [-0.1, -0.05) is 6.07 Å². The molecular weight excluding hydrogens is 361 g/mol. The van der Waals surface area contributed by atoms with Crippen LogP contribution in [0.15, 0.2) is 18.2 Å². The summed E-state index contributed by atoms with van der Waals surface area (Å²) in [6.45, 7) is 4.77. The van der Waals surface area contributed by atoms with Crippen LogP contribution in [-0.2, 0) is 9.59 Å². The van der Waals surface area contributed by atoms with Crippen LogP contribution < -0.4 is 21.5 Å². The topological polar surface area (TPSA) is 103 Å². The molecule has 26 heavy (non-hydrogen) atoms. The summed E-state index contributed by atoms with van der Waals surface area (Å²) < 4.78 is 13.5. The Kier molecular flexibility index (Phi) is 5.76. The molecule has 0 saturated carbocycles. The fourth-order valence-electron chi connectivity index (χ4n) is 2.26. The van der Waals surface area contributed by atoms with Crippen molar-refractivity contribution in [3.05, 3.63) is 29.6 Å². The van der Waals surface area contributed by atoms with E-state index in [4.69, 9.17) is 12.2 Å². The van der Waals surface area contributed by atoms with Gasteiger partial charge in [0.25, 0.3) is 5.91 Å². The minimum absolute atomic E-state index is 0.0506. The van der Waals surface area contributed by atoms with Crippen molar-refractivity contribution in [1.29, 1.82) is 0 Å². The van der Waals surface area contributed by atoms with E-state index in [-0.39, 0.29) is 29.8 Å². The Hall–Kier alpha value is -2.75. The van der Waals surface area contributed by atoms with Gasteiger partial charge in [-0.15, -0.1) is 0 Å². The van der Waals surface area contributed by atoms with Crippen LogP contribution in [0.2, 0.25) is 0 Å². The van der Waals surface area contributed by atoms with E-state index in [1.807, 2.05) is 0 Å². The van der Waals surface area contributed by atoms with E-state index >= 15 is 0 Å². The number of benzene rings is 1. The number of rotatable bonds is 4. The highest BCUT2D eigenvalue weighted by atomic mass is 32.1. The zero-order valence-electron chi connectivity index (χ0n) is 14.6. The molecule has 2 rings (SSSR count). The second-order valence-electron chi connectivity index (χ2n) is 6.35. The van der Waals surface area contributed by atoms with Crippen LogP contribution >= 0.6 is 12.2 Å². The molecule has 4 N–H and O–H groups in total. The highest BCUT2D eigenvalue weighted by molar-refractivity contribution is 7.80. The minimum Gasteiger partial charge on any atom is -0.331 e. The largest absolute Gasteiger partial charge is 0.331 e. The molecule has 1 aromatic carbocycles. The normalized spacial score (nSPS) is 15.5. The molecule has 0 aromatic heterocycles. The number of anilines is 1. The van der Waals surface area contributed by atoms with Crippen LogP contribution in [0, 0.1) is 12.7 Å². The predicted octanol–water partition coefficient (Wildman–Crippen LogP) is 1.17. The fourth-order valence-corrected chi connectivity index (χ4v) is 2.43. The molecular formula is C16H20FN5O3S. The van der Waals surface area contributed by atoms with E-state index in [2.05, 4.69) is 21.5 Å². The van der Waals surface area contributed by atoms with Crippen molar-refractivity contribution in [1.82, 2.24) is 21.1 Å². The van der Waals surface area contributed by atoms with E-state index in [9.17, 15) is 18.8 Å². The zero-order valence-corrected chi connectivity index (χ0v) is 15.4. The quantitative estimate of drug-likeness (QED) is 0.355. The number of nitrogens with one attached hydrogen (secondary N) is 4. The first-order valence-electron chi connectivity index (χ1n) is 7.86. The van der Waals surface area contributed by atoms with Gasteiger partial charge < -0.3 is 10.6 Å². The van der Waals surface area contributed by atoms with Crippen molar-refractivity contribution in [3.63, 3.8) is 0 Å². The van der Waals surface area contributed by atoms with Crippen molar-refractivity contribution >= 4 is 40.9 Å². The Bertz CT molecular complexity index is 768. The zero-order chi connectivity index (χ0) is 19.5. The molecule has 1 heterocycles. The maximum absolute atomic E-state index is 13.5. The molecule has 0 unspecified atom stereocenters. The van der Waals surface area contributed by atoms with E-state index in [1.165, 1.54) is 6.07 Å². The first-order valence-corrected chi connectivity index (χ1v) is 8.27. The van der Waals surface area contributed by atoms with Gasteiger partial charge in [0.05, 0.1) is 0 Å². The number of hydrogen-bond acceptors (Lipinski definition) is 4. The summed E-state index contributed by atoms with van der Waals surface area (Å²) >= 11 is 5.00. The maximum atomic E-state index is 13.5. The molecule has 0 radical (unpaired) electrons. The van der Waals surface area contributed by atoms with Gasteiger partial charge in [0.2, 0.25) is 5.91 Å². The number of hydrogen-bond donors (Lipinski definition) is 4. The van der Waals surface area contributed by atoms with Gasteiger partial charge in [0.1, 0.15) is 11.4 Å². The summed E-state index contributed by atoms with van der Waals surface area (Å²) in [5, 5.41) is 5.32. The molecule has 140 valence electrons. The predicted molar refractivity (Wildman–Crippen MR) is 97.6 cm³/mol. The van der Waals surface area contributed by atoms with Crippen LogP contribution in [-0.4, -0.2) is 39.9 Å². The van der Waals surface area contributed by atoms with Gasteiger partial charge in [-0.25, -0.2) is 9.18 Å². The monoisotopic (exact) mass is 381 g/mol. The summed E-state index contributed by atoms with van der Waals surface area (Å²) in [6, 6.07) is 4.00. The van der Waals surface area contributed by atoms with Gasteiger partial charge in [0, 0.05) is 18.7 Å². The van der Waals surface area contributed by atoms with Crippen LogP contribution in [0.25, 0.3) is 0 Å². The molecule has 8 nitrogen and oxygen atoms in total. The standard InChI is InChI=1S/C16H20FN5O3S/c1-9-4-5-10(8-11(9)17)18-14(26)21-20-12(23)6-7-22-13(24)16(2,3)19-15(22)25/h4-5,8H,6-7H2,1-3H3,(H,19,25)(H,20,23)(H2,18,21,26). The Morgan fingerprint density at radius 2 is 2.00 bits per heavy atom. The molecule has 0 aliphatic carbocycles. The lowest BCUT2D eigenvalue weighted by Crippen LogP contribution is -2.45. The van der Waals surface area contributed by atoms with Gasteiger partial charge in [-0.05, 0) is 50.7 Å². The molecule has 1 aromatic rings. The molecule has 4 amide bonds. The number of hydrazine groups is 1. The highest BCUT2D eigenvalue weighted by Gasteiger charge is 2.43. The summed E-state index contributed by atoms with van der Waals surface area (Å²) in [5.74, 6) is -1.23. The number of carbonyl (C=O) groups is 3. The van der Waals surface area contributed by atoms with Gasteiger partial charge >= 0.3 is 6.03 Å². The lowest BCUT2D eigenvalue weighted by molar-refractivity contribution is -0.130. The molecule has 1 aliphatic rings. The van der Waals surface area contributed by atoms with Crippen LogP contribution in [0.3, 0.4) is 0 Å². The van der Waals surface area contributed by atoms with Crippen molar-refractivity contribution in [3.8, 4) is 0 Å². The lowest BCUT2D eigenvalue weighted by atomic mass is 10.1. The van der Waals surface area contributed by atoms with Crippen molar-refractivity contribution in [2.75, 3.05) is 11.9 Å².